The fraction of sp³-hybridized carbons (Fsp3) is 0.278. The van der Waals surface area contributed by atoms with Gasteiger partial charge in [0.1, 0.15) is 18.4 Å². The number of carbonyl (C=O) groups excluding carboxylic acids is 1. The van der Waals surface area contributed by atoms with Gasteiger partial charge in [-0.3, -0.25) is 25.0 Å². The maximum atomic E-state index is 12.0. The Balaban J connectivity index is 1.87. The molecule has 0 heterocycles. The third kappa shape index (κ3) is 6.02. The number of rotatable bonds is 10. The third-order valence-electron chi connectivity index (χ3n) is 3.88. The Kier molecular flexibility index (Phi) is 7.40. The van der Waals surface area contributed by atoms with Crippen molar-refractivity contribution in [3.8, 4) is 5.75 Å². The largest absolute Gasteiger partial charge is 0.492 e. The lowest BCUT2D eigenvalue weighted by molar-refractivity contribution is -0.385. The van der Waals surface area contributed by atoms with Crippen LogP contribution in [-0.2, 0) is 16.0 Å². The molecular weight excluding hydrogens is 370 g/mol. The highest BCUT2D eigenvalue weighted by Crippen LogP contribution is 2.17. The lowest BCUT2D eigenvalue weighted by Crippen LogP contribution is -2.41. The second kappa shape index (κ2) is 9.97. The molecule has 2 aromatic carbocycles. The van der Waals surface area contributed by atoms with Gasteiger partial charge in [-0.25, -0.2) is 0 Å². The Morgan fingerprint density at radius 2 is 1.54 bits per heavy atom. The molecule has 0 aliphatic carbocycles. The van der Waals surface area contributed by atoms with Crippen molar-refractivity contribution in [2.45, 2.75) is 12.5 Å². The molecule has 10 heteroatoms. The number of esters is 1. The number of hydrogen-bond acceptors (Lipinski definition) is 8. The van der Waals surface area contributed by atoms with E-state index in [4.69, 9.17) is 9.47 Å². The fourth-order valence-electron chi connectivity index (χ4n) is 2.44. The third-order valence-corrected chi connectivity index (χ3v) is 3.88. The predicted molar refractivity (Wildman–Crippen MR) is 99.2 cm³/mol. The number of carbonyl (C=O) groups is 1. The zero-order valence-electron chi connectivity index (χ0n) is 15.1. The van der Waals surface area contributed by atoms with Crippen molar-refractivity contribution in [2.24, 2.45) is 0 Å². The van der Waals surface area contributed by atoms with Crippen LogP contribution in [0.25, 0.3) is 0 Å². The van der Waals surface area contributed by atoms with E-state index in [0.717, 1.165) is 5.56 Å². The first-order valence-corrected chi connectivity index (χ1v) is 8.32. The topological polar surface area (TPSA) is 134 Å². The molecule has 1 atom stereocenters. The van der Waals surface area contributed by atoms with Crippen LogP contribution in [0, 0.1) is 20.2 Å². The van der Waals surface area contributed by atoms with Gasteiger partial charge in [0.05, 0.1) is 17.0 Å². The molecule has 0 saturated heterocycles. The van der Waals surface area contributed by atoms with Crippen LogP contribution in [0.1, 0.15) is 5.56 Å². The van der Waals surface area contributed by atoms with Gasteiger partial charge < -0.3 is 14.8 Å². The molecule has 2 aromatic rings. The summed E-state index contributed by atoms with van der Waals surface area (Å²) in [4.78, 5) is 32.3. The van der Waals surface area contributed by atoms with E-state index in [2.05, 4.69) is 5.32 Å². The zero-order chi connectivity index (χ0) is 20.5. The molecule has 0 spiro atoms. The molecule has 2 rings (SSSR count). The van der Waals surface area contributed by atoms with E-state index >= 15 is 0 Å². The molecule has 1 N–H and O–H groups in total. The van der Waals surface area contributed by atoms with Crippen LogP contribution in [-0.4, -0.2) is 42.1 Å². The number of nitro groups is 2. The standard InChI is InChI=1S/C18H19N3O7/c1-27-18(22)17(12-13-2-4-14(5-3-13)20(23)24)19-10-11-28-16-8-6-15(7-9-16)21(25)26/h2-9,17,19H,10-12H2,1H3. The maximum Gasteiger partial charge on any atom is 0.323 e. The van der Waals surface area contributed by atoms with Gasteiger partial charge in [0.15, 0.2) is 0 Å². The highest BCUT2D eigenvalue weighted by atomic mass is 16.6. The van der Waals surface area contributed by atoms with Crippen LogP contribution in [0.3, 0.4) is 0 Å². The summed E-state index contributed by atoms with van der Waals surface area (Å²) in [5.41, 5.74) is 0.687. The van der Waals surface area contributed by atoms with E-state index in [1.165, 1.54) is 43.5 Å². The first kappa shape index (κ1) is 20.8. The SMILES string of the molecule is COC(=O)C(Cc1ccc([N+](=O)[O-])cc1)NCCOc1ccc([N+](=O)[O-])cc1. The Labute approximate surface area is 160 Å². The van der Waals surface area contributed by atoms with Gasteiger partial charge in [0, 0.05) is 30.8 Å². The molecule has 1 unspecified atom stereocenters. The molecule has 0 amide bonds. The van der Waals surface area contributed by atoms with E-state index < -0.39 is 21.9 Å². The van der Waals surface area contributed by atoms with E-state index in [9.17, 15) is 25.0 Å². The van der Waals surface area contributed by atoms with Crippen LogP contribution >= 0.6 is 0 Å². The molecule has 0 fully saturated rings. The van der Waals surface area contributed by atoms with Gasteiger partial charge in [-0.15, -0.1) is 0 Å². The second-order valence-corrected chi connectivity index (χ2v) is 5.76. The van der Waals surface area contributed by atoms with Crippen molar-refractivity contribution in [1.82, 2.24) is 5.32 Å². The molecular formula is C18H19N3O7. The summed E-state index contributed by atoms with van der Waals surface area (Å²) in [6, 6.07) is 10.9. The molecule has 0 aliphatic rings. The Morgan fingerprint density at radius 3 is 2.04 bits per heavy atom. The Morgan fingerprint density at radius 1 is 1.00 bits per heavy atom. The smallest absolute Gasteiger partial charge is 0.323 e. The minimum absolute atomic E-state index is 0.0252. The number of nitro benzene ring substituents is 2. The van der Waals surface area contributed by atoms with E-state index in [0.29, 0.717) is 18.7 Å². The molecule has 28 heavy (non-hydrogen) atoms. The van der Waals surface area contributed by atoms with Gasteiger partial charge in [0.2, 0.25) is 0 Å². The normalized spacial score (nSPS) is 11.5. The molecule has 0 aliphatic heterocycles. The molecule has 0 bridgehead atoms. The summed E-state index contributed by atoms with van der Waals surface area (Å²) in [6.45, 7) is 0.551. The molecule has 148 valence electrons. The number of nitrogens with zero attached hydrogens (tertiary/aromatic N) is 2. The lowest BCUT2D eigenvalue weighted by atomic mass is 10.1. The molecule has 0 aromatic heterocycles. The van der Waals surface area contributed by atoms with Gasteiger partial charge in [0.25, 0.3) is 11.4 Å². The highest BCUT2D eigenvalue weighted by Gasteiger charge is 2.19. The van der Waals surface area contributed by atoms with Crippen LogP contribution in [0.4, 0.5) is 11.4 Å². The second-order valence-electron chi connectivity index (χ2n) is 5.76. The minimum atomic E-state index is -0.646. The summed E-state index contributed by atoms with van der Waals surface area (Å²) in [7, 11) is 1.28. The molecule has 0 radical (unpaired) electrons. The van der Waals surface area contributed by atoms with E-state index in [1.54, 1.807) is 12.1 Å². The zero-order valence-corrected chi connectivity index (χ0v) is 15.1. The molecule has 10 nitrogen and oxygen atoms in total. The lowest BCUT2D eigenvalue weighted by Gasteiger charge is -2.17. The Bertz CT molecular complexity index is 822. The van der Waals surface area contributed by atoms with Crippen molar-refractivity contribution in [3.05, 3.63) is 74.3 Å². The summed E-state index contributed by atoms with van der Waals surface area (Å²) in [5, 5.41) is 24.3. The van der Waals surface area contributed by atoms with Gasteiger partial charge in [-0.1, -0.05) is 12.1 Å². The number of benzene rings is 2. The summed E-state index contributed by atoms with van der Waals surface area (Å²) in [6.07, 6.45) is 0.294. The van der Waals surface area contributed by atoms with Crippen molar-refractivity contribution in [1.29, 1.82) is 0 Å². The van der Waals surface area contributed by atoms with Crippen LogP contribution in [0.5, 0.6) is 5.75 Å². The summed E-state index contributed by atoms with van der Waals surface area (Å²) < 4.78 is 10.3. The monoisotopic (exact) mass is 389 g/mol. The van der Waals surface area contributed by atoms with Gasteiger partial charge >= 0.3 is 5.97 Å². The number of methoxy groups -OCH3 is 1. The first-order chi connectivity index (χ1) is 13.4. The molecule has 0 saturated carbocycles. The van der Waals surface area contributed by atoms with E-state index in [1.807, 2.05) is 0 Å². The fourth-order valence-corrected chi connectivity index (χ4v) is 2.44. The van der Waals surface area contributed by atoms with E-state index in [-0.39, 0.29) is 18.0 Å². The summed E-state index contributed by atoms with van der Waals surface area (Å²) >= 11 is 0. The van der Waals surface area contributed by atoms with Crippen LogP contribution in [0.2, 0.25) is 0 Å². The van der Waals surface area contributed by atoms with Gasteiger partial charge in [-0.05, 0) is 24.1 Å². The minimum Gasteiger partial charge on any atom is -0.492 e. The Hall–Kier alpha value is -3.53. The van der Waals surface area contributed by atoms with Crippen LogP contribution < -0.4 is 10.1 Å². The first-order valence-electron chi connectivity index (χ1n) is 8.32. The average Bonchev–Trinajstić information content (AvgIpc) is 2.70. The van der Waals surface area contributed by atoms with Crippen molar-refractivity contribution in [2.75, 3.05) is 20.3 Å². The summed E-state index contributed by atoms with van der Waals surface area (Å²) in [5.74, 6) is 0.00563. The van der Waals surface area contributed by atoms with Crippen molar-refractivity contribution in [3.63, 3.8) is 0 Å². The average molecular weight is 389 g/mol. The quantitative estimate of drug-likeness (QED) is 0.283. The predicted octanol–water partition coefficient (Wildman–Crippen LogP) is 2.26. The maximum absolute atomic E-state index is 12.0. The van der Waals surface area contributed by atoms with Crippen LogP contribution in [0.15, 0.2) is 48.5 Å². The van der Waals surface area contributed by atoms with Crippen molar-refractivity contribution < 1.29 is 24.1 Å². The van der Waals surface area contributed by atoms with Gasteiger partial charge in [-0.2, -0.15) is 0 Å². The number of nitrogens with one attached hydrogen (secondary N) is 1. The number of non-ortho nitro benzene ring substituents is 2. The number of hydrogen-bond donors (Lipinski definition) is 1. The highest BCUT2D eigenvalue weighted by molar-refractivity contribution is 5.76. The van der Waals surface area contributed by atoms with Crippen molar-refractivity contribution >= 4 is 17.3 Å². The number of ether oxygens (including phenoxy) is 2.